The standard InChI is InChI=1S/C16H18F6N2O2/c1-26-12-7-8(15(17,18)19)6-9(16(20,21)22)13(12)14(25)24-11-5-3-2-4-10(11)23/h6-7,10-11H,2-5,23H2,1H3,(H,24,25). The molecule has 1 aromatic carbocycles. The Kier molecular flexibility index (Phi) is 5.74. The Morgan fingerprint density at radius 1 is 1.12 bits per heavy atom. The lowest BCUT2D eigenvalue weighted by atomic mass is 9.90. The van der Waals surface area contributed by atoms with E-state index in [1.54, 1.807) is 0 Å². The molecule has 0 heterocycles. The molecule has 2 rings (SSSR count). The van der Waals surface area contributed by atoms with Gasteiger partial charge in [0.2, 0.25) is 0 Å². The number of ether oxygens (including phenoxy) is 1. The van der Waals surface area contributed by atoms with Gasteiger partial charge < -0.3 is 15.8 Å². The van der Waals surface area contributed by atoms with Gasteiger partial charge in [0.15, 0.2) is 0 Å². The molecular weight excluding hydrogens is 366 g/mol. The quantitative estimate of drug-likeness (QED) is 0.781. The number of halogens is 6. The van der Waals surface area contributed by atoms with Gasteiger partial charge in [0, 0.05) is 12.1 Å². The van der Waals surface area contributed by atoms with E-state index in [9.17, 15) is 31.1 Å². The maximum absolute atomic E-state index is 13.3. The Morgan fingerprint density at radius 3 is 2.23 bits per heavy atom. The van der Waals surface area contributed by atoms with Crippen LogP contribution in [0.5, 0.6) is 5.75 Å². The molecule has 2 atom stereocenters. The van der Waals surface area contributed by atoms with Crippen molar-refractivity contribution in [1.82, 2.24) is 5.32 Å². The van der Waals surface area contributed by atoms with Gasteiger partial charge in [0.1, 0.15) is 5.75 Å². The molecule has 26 heavy (non-hydrogen) atoms. The van der Waals surface area contributed by atoms with Crippen LogP contribution in [0.25, 0.3) is 0 Å². The lowest BCUT2D eigenvalue weighted by molar-refractivity contribution is -0.143. The van der Waals surface area contributed by atoms with Crippen molar-refractivity contribution >= 4 is 5.91 Å². The largest absolute Gasteiger partial charge is 0.496 e. The molecule has 0 saturated heterocycles. The zero-order valence-electron chi connectivity index (χ0n) is 13.8. The summed E-state index contributed by atoms with van der Waals surface area (Å²) in [6.07, 6.45) is -7.53. The molecule has 0 spiro atoms. The Labute approximate surface area is 145 Å². The molecule has 0 aromatic heterocycles. The first-order valence-electron chi connectivity index (χ1n) is 7.88. The molecule has 3 N–H and O–H groups in total. The zero-order valence-corrected chi connectivity index (χ0v) is 13.8. The van der Waals surface area contributed by atoms with Crippen molar-refractivity contribution < 1.29 is 35.9 Å². The number of hydrogen-bond acceptors (Lipinski definition) is 3. The van der Waals surface area contributed by atoms with Gasteiger partial charge in [-0.25, -0.2) is 0 Å². The molecule has 2 unspecified atom stereocenters. The Bertz CT molecular complexity index is 672. The summed E-state index contributed by atoms with van der Waals surface area (Å²) in [5.41, 5.74) is 1.63. The summed E-state index contributed by atoms with van der Waals surface area (Å²) in [5.74, 6) is -1.96. The van der Waals surface area contributed by atoms with Crippen molar-refractivity contribution in [3.63, 3.8) is 0 Å². The van der Waals surface area contributed by atoms with Crippen LogP contribution in [0.1, 0.15) is 47.2 Å². The predicted molar refractivity (Wildman–Crippen MR) is 80.7 cm³/mol. The van der Waals surface area contributed by atoms with Gasteiger partial charge >= 0.3 is 12.4 Å². The van der Waals surface area contributed by atoms with Crippen LogP contribution in [0.15, 0.2) is 12.1 Å². The van der Waals surface area contributed by atoms with Gasteiger partial charge in [-0.3, -0.25) is 4.79 Å². The lowest BCUT2D eigenvalue weighted by Crippen LogP contribution is -2.49. The molecule has 0 aliphatic heterocycles. The van der Waals surface area contributed by atoms with Crippen LogP contribution in [-0.2, 0) is 12.4 Å². The van der Waals surface area contributed by atoms with Crippen molar-refractivity contribution in [3.05, 3.63) is 28.8 Å². The molecular formula is C16H18F6N2O2. The van der Waals surface area contributed by atoms with E-state index in [0.717, 1.165) is 20.0 Å². The van der Waals surface area contributed by atoms with E-state index in [1.165, 1.54) is 0 Å². The second kappa shape index (κ2) is 7.34. The van der Waals surface area contributed by atoms with Crippen LogP contribution in [0.4, 0.5) is 26.3 Å². The fraction of sp³-hybridized carbons (Fsp3) is 0.562. The third-order valence-electron chi connectivity index (χ3n) is 4.32. The van der Waals surface area contributed by atoms with Crippen LogP contribution in [0, 0.1) is 0 Å². The van der Waals surface area contributed by atoms with Gasteiger partial charge in [-0.2, -0.15) is 26.3 Å². The van der Waals surface area contributed by atoms with Gasteiger partial charge in [-0.1, -0.05) is 12.8 Å². The molecule has 1 aromatic rings. The normalized spacial score (nSPS) is 21.4. The third-order valence-corrected chi connectivity index (χ3v) is 4.32. The van der Waals surface area contributed by atoms with Gasteiger partial charge in [0.05, 0.1) is 23.8 Å². The second-order valence-corrected chi connectivity index (χ2v) is 6.12. The van der Waals surface area contributed by atoms with Crippen molar-refractivity contribution in [3.8, 4) is 5.75 Å². The number of rotatable bonds is 3. The van der Waals surface area contributed by atoms with Crippen molar-refractivity contribution in [2.75, 3.05) is 7.11 Å². The van der Waals surface area contributed by atoms with Gasteiger partial charge in [-0.05, 0) is 25.0 Å². The molecule has 1 amide bonds. The fourth-order valence-corrected chi connectivity index (χ4v) is 2.98. The first-order chi connectivity index (χ1) is 11.9. The topological polar surface area (TPSA) is 64.3 Å². The summed E-state index contributed by atoms with van der Waals surface area (Å²) in [6, 6.07) is -0.685. The summed E-state index contributed by atoms with van der Waals surface area (Å²) in [4.78, 5) is 12.4. The number of amides is 1. The molecule has 4 nitrogen and oxygen atoms in total. The maximum Gasteiger partial charge on any atom is 0.417 e. The van der Waals surface area contributed by atoms with Crippen LogP contribution in [0.3, 0.4) is 0 Å². The van der Waals surface area contributed by atoms with Crippen LogP contribution < -0.4 is 15.8 Å². The number of alkyl halides is 6. The minimum absolute atomic E-state index is 0.0851. The highest BCUT2D eigenvalue weighted by atomic mass is 19.4. The van der Waals surface area contributed by atoms with Gasteiger partial charge in [0.25, 0.3) is 5.91 Å². The first kappa shape index (κ1) is 20.3. The number of nitrogens with one attached hydrogen (secondary N) is 1. The highest BCUT2D eigenvalue weighted by Crippen LogP contribution is 2.41. The monoisotopic (exact) mass is 384 g/mol. The van der Waals surface area contributed by atoms with Crippen molar-refractivity contribution in [1.29, 1.82) is 0 Å². The fourth-order valence-electron chi connectivity index (χ4n) is 2.98. The van der Waals surface area contributed by atoms with E-state index < -0.39 is 52.8 Å². The molecule has 1 saturated carbocycles. The number of carbonyl (C=O) groups is 1. The number of hydrogen-bond donors (Lipinski definition) is 2. The third kappa shape index (κ3) is 4.40. The van der Waals surface area contributed by atoms with Crippen LogP contribution >= 0.6 is 0 Å². The molecule has 0 radical (unpaired) electrons. The highest BCUT2D eigenvalue weighted by Gasteiger charge is 2.42. The maximum atomic E-state index is 13.3. The molecule has 1 fully saturated rings. The average Bonchev–Trinajstić information content (AvgIpc) is 2.53. The minimum Gasteiger partial charge on any atom is -0.496 e. The Hall–Kier alpha value is -1.97. The predicted octanol–water partition coefficient (Wildman–Crippen LogP) is 3.73. The highest BCUT2D eigenvalue weighted by molar-refractivity contribution is 5.99. The van der Waals surface area contributed by atoms with Crippen molar-refractivity contribution in [2.45, 2.75) is 50.1 Å². The summed E-state index contributed by atoms with van der Waals surface area (Å²) in [5, 5.41) is 2.41. The average molecular weight is 384 g/mol. The van der Waals surface area contributed by atoms with E-state index in [4.69, 9.17) is 5.73 Å². The summed E-state index contributed by atoms with van der Waals surface area (Å²) in [6.45, 7) is 0. The number of nitrogens with two attached hydrogens (primary N) is 1. The first-order valence-corrected chi connectivity index (χ1v) is 7.88. The van der Waals surface area contributed by atoms with Crippen molar-refractivity contribution in [2.24, 2.45) is 5.73 Å². The summed E-state index contributed by atoms with van der Waals surface area (Å²) >= 11 is 0. The summed E-state index contributed by atoms with van der Waals surface area (Å²) in [7, 11) is 0.902. The van der Waals surface area contributed by atoms with E-state index in [-0.39, 0.29) is 6.07 Å². The van der Waals surface area contributed by atoms with E-state index in [2.05, 4.69) is 10.1 Å². The van der Waals surface area contributed by atoms with Gasteiger partial charge in [-0.15, -0.1) is 0 Å². The zero-order chi connectivity index (χ0) is 19.7. The number of carbonyl (C=O) groups excluding carboxylic acids is 1. The second-order valence-electron chi connectivity index (χ2n) is 6.12. The summed E-state index contributed by atoms with van der Waals surface area (Å²) < 4.78 is 83.3. The lowest BCUT2D eigenvalue weighted by Gasteiger charge is -2.30. The molecule has 1 aliphatic carbocycles. The Balaban J connectivity index is 2.49. The SMILES string of the molecule is COc1cc(C(F)(F)F)cc(C(F)(F)F)c1C(=O)NC1CCCCC1N. The molecule has 0 bridgehead atoms. The van der Waals surface area contributed by atoms with E-state index in [1.807, 2.05) is 0 Å². The molecule has 1 aliphatic rings. The van der Waals surface area contributed by atoms with E-state index >= 15 is 0 Å². The van der Waals surface area contributed by atoms with E-state index in [0.29, 0.717) is 18.9 Å². The molecule has 10 heteroatoms. The number of methoxy groups -OCH3 is 1. The van der Waals surface area contributed by atoms with Crippen LogP contribution in [-0.4, -0.2) is 25.1 Å². The molecule has 146 valence electrons. The number of benzene rings is 1. The minimum atomic E-state index is -5.17. The Morgan fingerprint density at radius 2 is 1.73 bits per heavy atom. The smallest absolute Gasteiger partial charge is 0.417 e. The van der Waals surface area contributed by atoms with Crippen LogP contribution in [0.2, 0.25) is 0 Å².